The molecule has 2 aliphatic rings. The lowest BCUT2D eigenvalue weighted by molar-refractivity contribution is -0.141. The van der Waals surface area contributed by atoms with E-state index in [0.717, 1.165) is 19.3 Å². The van der Waals surface area contributed by atoms with Crippen molar-refractivity contribution >= 4 is 23.7 Å². The van der Waals surface area contributed by atoms with E-state index in [0.29, 0.717) is 37.0 Å². The Bertz CT molecular complexity index is 855. The first-order valence-electron chi connectivity index (χ1n) is 10.7. The third kappa shape index (κ3) is 4.55. The highest BCUT2D eigenvalue weighted by Crippen LogP contribution is 2.25. The van der Waals surface area contributed by atoms with E-state index in [9.17, 15) is 19.2 Å². The molecular weight excluding hydrogens is 384 g/mol. The van der Waals surface area contributed by atoms with Crippen LogP contribution in [0.5, 0.6) is 0 Å². The van der Waals surface area contributed by atoms with E-state index in [4.69, 9.17) is 4.74 Å². The van der Waals surface area contributed by atoms with E-state index >= 15 is 0 Å². The maximum atomic E-state index is 12.7. The summed E-state index contributed by atoms with van der Waals surface area (Å²) < 4.78 is 5.37. The second-order valence-electron chi connectivity index (χ2n) is 8.76. The van der Waals surface area contributed by atoms with Gasteiger partial charge >= 0.3 is 5.97 Å². The lowest BCUT2D eigenvalue weighted by atomic mass is 9.99. The molecule has 1 fully saturated rings. The van der Waals surface area contributed by atoms with Crippen molar-refractivity contribution in [3.8, 4) is 0 Å². The molecule has 30 heavy (non-hydrogen) atoms. The van der Waals surface area contributed by atoms with Crippen molar-refractivity contribution < 1.29 is 23.9 Å². The molecule has 0 spiro atoms. The number of piperidine rings is 1. The van der Waals surface area contributed by atoms with Gasteiger partial charge in [-0.1, -0.05) is 20.8 Å². The van der Waals surface area contributed by atoms with Crippen molar-refractivity contribution in [1.29, 1.82) is 0 Å². The summed E-state index contributed by atoms with van der Waals surface area (Å²) in [5.41, 5.74) is 0.668. The molecule has 2 aliphatic heterocycles. The molecule has 3 amide bonds. The average molecular weight is 415 g/mol. The molecule has 0 bridgehead atoms. The highest BCUT2D eigenvalue weighted by molar-refractivity contribution is 6.22. The number of nitrogens with zero attached hydrogens (tertiary/aromatic N) is 2. The van der Waals surface area contributed by atoms with Crippen molar-refractivity contribution in [3.63, 3.8) is 0 Å². The van der Waals surface area contributed by atoms with E-state index < -0.39 is 18.0 Å². The van der Waals surface area contributed by atoms with Crippen LogP contribution in [0.15, 0.2) is 18.2 Å². The van der Waals surface area contributed by atoms with Crippen LogP contribution in [0.25, 0.3) is 0 Å². The van der Waals surface area contributed by atoms with Crippen molar-refractivity contribution in [3.05, 3.63) is 34.9 Å². The molecule has 0 radical (unpaired) electrons. The summed E-state index contributed by atoms with van der Waals surface area (Å²) in [5, 5.41) is 0. The van der Waals surface area contributed by atoms with Gasteiger partial charge < -0.3 is 9.64 Å². The zero-order valence-corrected chi connectivity index (χ0v) is 18.1. The van der Waals surface area contributed by atoms with Crippen LogP contribution in [0.3, 0.4) is 0 Å². The fourth-order valence-electron chi connectivity index (χ4n) is 3.77. The van der Waals surface area contributed by atoms with Gasteiger partial charge in [0.25, 0.3) is 17.7 Å². The molecule has 7 nitrogen and oxygen atoms in total. The number of carbonyl (C=O) groups is 4. The summed E-state index contributed by atoms with van der Waals surface area (Å²) in [6.45, 7) is 9.47. The Morgan fingerprint density at radius 2 is 1.70 bits per heavy atom. The number of esters is 1. The number of hydrogen-bond acceptors (Lipinski definition) is 5. The van der Waals surface area contributed by atoms with Gasteiger partial charge in [0.15, 0.2) is 6.10 Å². The fraction of sp³-hybridized carbons (Fsp3) is 0.565. The van der Waals surface area contributed by atoms with Crippen LogP contribution in [0, 0.1) is 11.8 Å². The summed E-state index contributed by atoms with van der Waals surface area (Å²) in [5.74, 6) is -0.650. The molecule has 0 N–H and O–H groups in total. The van der Waals surface area contributed by atoms with Gasteiger partial charge in [-0.25, -0.2) is 4.79 Å². The van der Waals surface area contributed by atoms with Gasteiger partial charge in [0.05, 0.1) is 16.7 Å². The first kappa shape index (κ1) is 22.0. The summed E-state index contributed by atoms with van der Waals surface area (Å²) in [6.07, 6.45) is 1.70. The van der Waals surface area contributed by atoms with Crippen LogP contribution in [-0.4, -0.2) is 59.2 Å². The standard InChI is InChI=1S/C23H30N2O5/c1-14(2)7-12-25-21(27)18-6-5-17(13-19(18)22(25)28)23(29)30-16(4)20(26)24-10-8-15(3)9-11-24/h5-6,13-16H,7-12H2,1-4H3/t16-/m1/s1. The third-order valence-electron chi connectivity index (χ3n) is 5.86. The number of rotatable bonds is 6. The number of fused-ring (bicyclic) bond motifs is 1. The van der Waals surface area contributed by atoms with Crippen molar-refractivity contribution in [2.24, 2.45) is 11.8 Å². The van der Waals surface area contributed by atoms with E-state index in [-0.39, 0.29) is 22.9 Å². The summed E-state index contributed by atoms with van der Waals surface area (Å²) >= 11 is 0. The SMILES string of the molecule is CC(C)CCN1C(=O)c2ccc(C(=O)O[C@H](C)C(=O)N3CCC(C)CC3)cc2C1=O. The molecule has 7 heteroatoms. The normalized spacial score (nSPS) is 18.0. The van der Waals surface area contributed by atoms with Gasteiger partial charge in [-0.05, 0) is 56.2 Å². The lowest BCUT2D eigenvalue weighted by Crippen LogP contribution is -2.44. The minimum atomic E-state index is -0.904. The quantitative estimate of drug-likeness (QED) is 0.527. The number of benzene rings is 1. The van der Waals surface area contributed by atoms with Gasteiger partial charge in [-0.3, -0.25) is 19.3 Å². The Balaban J connectivity index is 1.66. The zero-order chi connectivity index (χ0) is 22.0. The lowest BCUT2D eigenvalue weighted by Gasteiger charge is -2.31. The van der Waals surface area contributed by atoms with Crippen LogP contribution in [-0.2, 0) is 9.53 Å². The van der Waals surface area contributed by atoms with E-state index in [1.54, 1.807) is 11.8 Å². The van der Waals surface area contributed by atoms with Gasteiger partial charge in [-0.2, -0.15) is 0 Å². The van der Waals surface area contributed by atoms with Crippen molar-refractivity contribution in [2.45, 2.75) is 53.1 Å². The maximum absolute atomic E-state index is 12.7. The zero-order valence-electron chi connectivity index (χ0n) is 18.1. The Hall–Kier alpha value is -2.70. The fourth-order valence-corrected chi connectivity index (χ4v) is 3.77. The molecule has 0 aromatic heterocycles. The van der Waals surface area contributed by atoms with Crippen molar-refractivity contribution in [1.82, 2.24) is 9.80 Å². The van der Waals surface area contributed by atoms with Gasteiger partial charge in [0.1, 0.15) is 0 Å². The minimum absolute atomic E-state index is 0.160. The molecule has 0 saturated carbocycles. The molecule has 0 aliphatic carbocycles. The Labute approximate surface area is 177 Å². The molecular formula is C23H30N2O5. The van der Waals surface area contributed by atoms with E-state index in [1.807, 2.05) is 13.8 Å². The Morgan fingerprint density at radius 3 is 2.33 bits per heavy atom. The Kier molecular flexibility index (Phi) is 6.58. The summed E-state index contributed by atoms with van der Waals surface area (Å²) in [4.78, 5) is 53.3. The highest BCUT2D eigenvalue weighted by atomic mass is 16.5. The van der Waals surface area contributed by atoms with Crippen LogP contribution in [0.4, 0.5) is 0 Å². The first-order chi connectivity index (χ1) is 14.2. The monoisotopic (exact) mass is 414 g/mol. The second-order valence-corrected chi connectivity index (χ2v) is 8.76. The number of imide groups is 1. The summed E-state index contributed by atoms with van der Waals surface area (Å²) in [7, 11) is 0. The van der Waals surface area contributed by atoms with Crippen molar-refractivity contribution in [2.75, 3.05) is 19.6 Å². The minimum Gasteiger partial charge on any atom is -0.449 e. The van der Waals surface area contributed by atoms with Crippen LogP contribution in [0.2, 0.25) is 0 Å². The predicted octanol–water partition coefficient (Wildman–Crippen LogP) is 3.13. The smallest absolute Gasteiger partial charge is 0.338 e. The number of amides is 3. The molecule has 2 heterocycles. The van der Waals surface area contributed by atoms with Crippen LogP contribution < -0.4 is 0 Å². The number of likely N-dealkylation sites (tertiary alicyclic amines) is 1. The van der Waals surface area contributed by atoms with E-state index in [2.05, 4.69) is 6.92 Å². The van der Waals surface area contributed by atoms with Crippen LogP contribution in [0.1, 0.15) is 78.0 Å². The molecule has 1 aromatic carbocycles. The number of ether oxygens (including phenoxy) is 1. The third-order valence-corrected chi connectivity index (χ3v) is 5.86. The van der Waals surface area contributed by atoms with Gasteiger partial charge in [0.2, 0.25) is 0 Å². The number of carbonyl (C=O) groups excluding carboxylic acids is 4. The van der Waals surface area contributed by atoms with Crippen LogP contribution >= 0.6 is 0 Å². The van der Waals surface area contributed by atoms with Gasteiger partial charge in [0, 0.05) is 19.6 Å². The summed E-state index contributed by atoms with van der Waals surface area (Å²) in [6, 6.07) is 4.35. The molecule has 3 rings (SSSR count). The van der Waals surface area contributed by atoms with E-state index in [1.165, 1.54) is 23.1 Å². The predicted molar refractivity (Wildman–Crippen MR) is 111 cm³/mol. The average Bonchev–Trinajstić information content (AvgIpc) is 2.95. The molecule has 1 saturated heterocycles. The highest BCUT2D eigenvalue weighted by Gasteiger charge is 2.36. The molecule has 0 unspecified atom stereocenters. The largest absolute Gasteiger partial charge is 0.449 e. The molecule has 1 aromatic rings. The number of hydrogen-bond donors (Lipinski definition) is 0. The first-order valence-corrected chi connectivity index (χ1v) is 10.7. The van der Waals surface area contributed by atoms with Gasteiger partial charge in [-0.15, -0.1) is 0 Å². The molecule has 1 atom stereocenters. The topological polar surface area (TPSA) is 84.0 Å². The maximum Gasteiger partial charge on any atom is 0.338 e. The molecule has 162 valence electrons. The second kappa shape index (κ2) is 8.98. The Morgan fingerprint density at radius 1 is 1.07 bits per heavy atom.